The molecule has 0 aromatic heterocycles. The van der Waals surface area contributed by atoms with Crippen LogP contribution in [-0.4, -0.2) is 6.21 Å². The van der Waals surface area contributed by atoms with Crippen LogP contribution in [0.1, 0.15) is 24.0 Å². The summed E-state index contributed by atoms with van der Waals surface area (Å²) in [6.07, 6.45) is 1.93. The number of anilines is 1. The summed E-state index contributed by atoms with van der Waals surface area (Å²) in [7, 11) is 0. The Kier molecular flexibility index (Phi) is 4.13. The fourth-order valence-corrected chi connectivity index (χ4v) is 1.69. The normalized spacial score (nSPS) is 12.6. The van der Waals surface area contributed by atoms with Gasteiger partial charge in [0, 0.05) is 12.1 Å². The van der Waals surface area contributed by atoms with Crippen molar-refractivity contribution in [1.29, 1.82) is 0 Å². The van der Waals surface area contributed by atoms with Gasteiger partial charge in [0.2, 0.25) is 0 Å². The predicted molar refractivity (Wildman–Crippen MR) is 78.2 cm³/mol. The molecule has 2 aromatic rings. The van der Waals surface area contributed by atoms with Crippen LogP contribution < -0.4 is 5.43 Å². The summed E-state index contributed by atoms with van der Waals surface area (Å²) in [4.78, 5) is 0. The molecule has 1 N–H and O–H groups in total. The van der Waals surface area contributed by atoms with Crippen molar-refractivity contribution in [3.05, 3.63) is 65.7 Å². The molecule has 0 saturated carbocycles. The Labute approximate surface area is 108 Å². The van der Waals surface area contributed by atoms with Crippen LogP contribution in [0.2, 0.25) is 0 Å². The SMILES string of the molecule is Cc1ccc(NN=CC(C)c2ccccc2)cc1. The lowest BCUT2D eigenvalue weighted by atomic mass is 10.0. The number of hydrazone groups is 1. The van der Waals surface area contributed by atoms with E-state index in [1.807, 2.05) is 36.5 Å². The van der Waals surface area contributed by atoms with E-state index >= 15 is 0 Å². The molecule has 2 heteroatoms. The van der Waals surface area contributed by atoms with Crippen LogP contribution in [0.5, 0.6) is 0 Å². The number of nitrogens with zero attached hydrogens (tertiary/aromatic N) is 1. The molecule has 0 amide bonds. The molecule has 0 saturated heterocycles. The van der Waals surface area contributed by atoms with Crippen LogP contribution in [0.4, 0.5) is 5.69 Å². The quantitative estimate of drug-likeness (QED) is 0.626. The molecular formula is C16H18N2. The molecule has 1 unspecified atom stereocenters. The van der Waals surface area contributed by atoms with Gasteiger partial charge < -0.3 is 0 Å². The second kappa shape index (κ2) is 6.01. The summed E-state index contributed by atoms with van der Waals surface area (Å²) in [5.74, 6) is 0.309. The highest BCUT2D eigenvalue weighted by atomic mass is 15.3. The van der Waals surface area contributed by atoms with Gasteiger partial charge in [0.1, 0.15) is 0 Å². The van der Waals surface area contributed by atoms with Gasteiger partial charge in [0.05, 0.1) is 5.69 Å². The van der Waals surface area contributed by atoms with Gasteiger partial charge in [-0.15, -0.1) is 0 Å². The van der Waals surface area contributed by atoms with E-state index in [-0.39, 0.29) is 0 Å². The number of rotatable bonds is 4. The van der Waals surface area contributed by atoms with Gasteiger partial charge in [-0.05, 0) is 24.6 Å². The molecule has 0 radical (unpaired) electrons. The third-order valence-electron chi connectivity index (χ3n) is 2.87. The Morgan fingerprint density at radius 3 is 2.33 bits per heavy atom. The standard InChI is InChI=1S/C16H18N2/c1-13-8-10-16(11-9-13)18-17-12-14(2)15-6-4-3-5-7-15/h3-12,14,18H,1-2H3. The van der Waals surface area contributed by atoms with Crippen molar-refractivity contribution in [1.82, 2.24) is 0 Å². The first-order chi connectivity index (χ1) is 8.75. The van der Waals surface area contributed by atoms with E-state index < -0.39 is 0 Å². The predicted octanol–water partition coefficient (Wildman–Crippen LogP) is 4.20. The summed E-state index contributed by atoms with van der Waals surface area (Å²) in [5, 5.41) is 4.27. The van der Waals surface area contributed by atoms with E-state index in [9.17, 15) is 0 Å². The number of hydrogen-bond acceptors (Lipinski definition) is 2. The van der Waals surface area contributed by atoms with Gasteiger partial charge in [0.25, 0.3) is 0 Å². The molecule has 92 valence electrons. The van der Waals surface area contributed by atoms with Gasteiger partial charge in [-0.3, -0.25) is 5.43 Å². The molecule has 1 atom stereocenters. The van der Waals surface area contributed by atoms with E-state index in [4.69, 9.17) is 0 Å². The van der Waals surface area contributed by atoms with Crippen LogP contribution in [0.15, 0.2) is 59.7 Å². The minimum absolute atomic E-state index is 0.309. The molecule has 0 spiro atoms. The van der Waals surface area contributed by atoms with Crippen molar-refractivity contribution >= 4 is 11.9 Å². The highest BCUT2D eigenvalue weighted by molar-refractivity contribution is 5.68. The maximum Gasteiger partial charge on any atom is 0.0561 e. The Bertz CT molecular complexity index is 500. The van der Waals surface area contributed by atoms with Crippen LogP contribution in [0.25, 0.3) is 0 Å². The summed E-state index contributed by atoms with van der Waals surface area (Å²) in [6.45, 7) is 4.21. The Hall–Kier alpha value is -2.09. The second-order valence-electron chi connectivity index (χ2n) is 4.46. The van der Waals surface area contributed by atoms with Gasteiger partial charge in [-0.1, -0.05) is 55.0 Å². The minimum atomic E-state index is 0.309. The van der Waals surface area contributed by atoms with E-state index in [1.54, 1.807) is 0 Å². The van der Waals surface area contributed by atoms with Crippen LogP contribution in [0, 0.1) is 6.92 Å². The fraction of sp³-hybridized carbons (Fsp3) is 0.188. The maximum absolute atomic E-state index is 4.27. The van der Waals surface area contributed by atoms with Crippen molar-refractivity contribution in [2.75, 3.05) is 5.43 Å². The number of hydrogen-bond donors (Lipinski definition) is 1. The second-order valence-corrected chi connectivity index (χ2v) is 4.46. The van der Waals surface area contributed by atoms with Gasteiger partial charge in [-0.25, -0.2) is 0 Å². The molecule has 18 heavy (non-hydrogen) atoms. The van der Waals surface area contributed by atoms with Gasteiger partial charge >= 0.3 is 0 Å². The Morgan fingerprint density at radius 2 is 1.67 bits per heavy atom. The monoisotopic (exact) mass is 238 g/mol. The molecule has 0 aliphatic rings. The maximum atomic E-state index is 4.27. The summed E-state index contributed by atoms with van der Waals surface area (Å²) in [5.41, 5.74) is 6.58. The topological polar surface area (TPSA) is 24.4 Å². The molecule has 0 heterocycles. The van der Waals surface area contributed by atoms with E-state index in [0.717, 1.165) is 5.69 Å². The minimum Gasteiger partial charge on any atom is -0.279 e. The lowest BCUT2D eigenvalue weighted by Gasteiger charge is -2.06. The highest BCUT2D eigenvalue weighted by Gasteiger charge is 1.99. The summed E-state index contributed by atoms with van der Waals surface area (Å²) in [6, 6.07) is 18.5. The lowest BCUT2D eigenvalue weighted by Crippen LogP contribution is -1.97. The van der Waals surface area contributed by atoms with Crippen molar-refractivity contribution in [2.45, 2.75) is 19.8 Å². The van der Waals surface area contributed by atoms with E-state index in [2.05, 4.69) is 48.6 Å². The molecule has 0 aliphatic heterocycles. The first kappa shape index (κ1) is 12.4. The fourth-order valence-electron chi connectivity index (χ4n) is 1.69. The first-order valence-electron chi connectivity index (χ1n) is 6.16. The zero-order chi connectivity index (χ0) is 12.8. The zero-order valence-corrected chi connectivity index (χ0v) is 10.8. The average molecular weight is 238 g/mol. The molecule has 0 fully saturated rings. The number of benzene rings is 2. The van der Waals surface area contributed by atoms with E-state index in [1.165, 1.54) is 11.1 Å². The lowest BCUT2D eigenvalue weighted by molar-refractivity contribution is 1.04. The largest absolute Gasteiger partial charge is 0.279 e. The number of nitrogens with one attached hydrogen (secondary N) is 1. The smallest absolute Gasteiger partial charge is 0.0561 e. The van der Waals surface area contributed by atoms with Crippen LogP contribution >= 0.6 is 0 Å². The zero-order valence-electron chi connectivity index (χ0n) is 10.8. The number of aryl methyl sites for hydroxylation is 1. The molecule has 2 aromatic carbocycles. The molecule has 2 rings (SSSR count). The molecule has 0 bridgehead atoms. The van der Waals surface area contributed by atoms with Crippen LogP contribution in [-0.2, 0) is 0 Å². The van der Waals surface area contributed by atoms with Gasteiger partial charge in [0.15, 0.2) is 0 Å². The Balaban J connectivity index is 1.93. The van der Waals surface area contributed by atoms with Crippen molar-refractivity contribution in [3.8, 4) is 0 Å². The molecular weight excluding hydrogens is 220 g/mol. The van der Waals surface area contributed by atoms with Crippen molar-refractivity contribution in [3.63, 3.8) is 0 Å². The van der Waals surface area contributed by atoms with Crippen molar-refractivity contribution in [2.24, 2.45) is 5.10 Å². The third kappa shape index (κ3) is 3.45. The Morgan fingerprint density at radius 1 is 1.00 bits per heavy atom. The van der Waals surface area contributed by atoms with Gasteiger partial charge in [-0.2, -0.15) is 5.10 Å². The van der Waals surface area contributed by atoms with Crippen LogP contribution in [0.3, 0.4) is 0 Å². The highest BCUT2D eigenvalue weighted by Crippen LogP contribution is 2.12. The van der Waals surface area contributed by atoms with E-state index in [0.29, 0.717) is 5.92 Å². The third-order valence-corrected chi connectivity index (χ3v) is 2.87. The summed E-state index contributed by atoms with van der Waals surface area (Å²) < 4.78 is 0. The molecule has 2 nitrogen and oxygen atoms in total. The van der Waals surface area contributed by atoms with Crippen molar-refractivity contribution < 1.29 is 0 Å². The molecule has 0 aliphatic carbocycles. The average Bonchev–Trinajstić information content (AvgIpc) is 2.42. The summed E-state index contributed by atoms with van der Waals surface area (Å²) >= 11 is 0. The first-order valence-corrected chi connectivity index (χ1v) is 6.16.